The maximum Gasteiger partial charge on any atom is 0.257 e. The van der Waals surface area contributed by atoms with Crippen molar-refractivity contribution in [2.75, 3.05) is 11.9 Å². The van der Waals surface area contributed by atoms with Gasteiger partial charge < -0.3 is 11.1 Å². The van der Waals surface area contributed by atoms with E-state index in [0.29, 0.717) is 11.3 Å². The quantitative estimate of drug-likeness (QED) is 0.838. The SMILES string of the molecule is NCC#Cc1ccccc1NC(=O)c1cccc(F)c1Cl. The topological polar surface area (TPSA) is 55.1 Å². The maximum atomic E-state index is 13.4. The van der Waals surface area contributed by atoms with Gasteiger partial charge in [0.05, 0.1) is 22.8 Å². The summed E-state index contributed by atoms with van der Waals surface area (Å²) in [6.45, 7) is 0.220. The van der Waals surface area contributed by atoms with Crippen molar-refractivity contribution in [1.82, 2.24) is 0 Å². The highest BCUT2D eigenvalue weighted by molar-refractivity contribution is 6.34. The zero-order valence-corrected chi connectivity index (χ0v) is 11.7. The highest BCUT2D eigenvalue weighted by atomic mass is 35.5. The van der Waals surface area contributed by atoms with Crippen LogP contribution in [0.5, 0.6) is 0 Å². The standard InChI is InChI=1S/C16H12ClFN2O/c17-15-12(7-3-8-13(15)18)16(21)20-14-9-2-1-5-11(14)6-4-10-19/h1-3,5,7-9H,10,19H2,(H,20,21). The fraction of sp³-hybridized carbons (Fsp3) is 0.0625. The zero-order valence-electron chi connectivity index (χ0n) is 11.0. The summed E-state index contributed by atoms with van der Waals surface area (Å²) in [6, 6.07) is 11.1. The Labute approximate surface area is 126 Å². The summed E-state index contributed by atoms with van der Waals surface area (Å²) < 4.78 is 13.4. The van der Waals surface area contributed by atoms with Gasteiger partial charge >= 0.3 is 0 Å². The van der Waals surface area contributed by atoms with Crippen LogP contribution in [0, 0.1) is 17.7 Å². The lowest BCUT2D eigenvalue weighted by Gasteiger charge is -2.09. The number of carbonyl (C=O) groups excluding carboxylic acids is 1. The molecule has 0 aliphatic carbocycles. The van der Waals surface area contributed by atoms with Gasteiger partial charge in [-0.05, 0) is 24.3 Å². The summed E-state index contributed by atoms with van der Waals surface area (Å²) in [5, 5.41) is 2.46. The Bertz CT molecular complexity index is 735. The third-order valence-electron chi connectivity index (χ3n) is 2.70. The minimum Gasteiger partial charge on any atom is -0.321 e. The molecule has 3 nitrogen and oxygen atoms in total. The van der Waals surface area contributed by atoms with Crippen LogP contribution in [0.4, 0.5) is 10.1 Å². The molecule has 3 N–H and O–H groups in total. The van der Waals surface area contributed by atoms with Crippen molar-refractivity contribution in [1.29, 1.82) is 0 Å². The molecule has 0 aromatic heterocycles. The Hall–Kier alpha value is -2.35. The predicted octanol–water partition coefficient (Wildman–Crippen LogP) is 3.04. The van der Waals surface area contributed by atoms with Gasteiger partial charge in [-0.2, -0.15) is 0 Å². The number of halogens is 2. The number of amides is 1. The molecule has 5 heteroatoms. The van der Waals surface area contributed by atoms with E-state index in [1.54, 1.807) is 24.3 Å². The number of carbonyl (C=O) groups is 1. The molecule has 0 saturated carbocycles. The molecule has 2 rings (SSSR count). The fourth-order valence-electron chi connectivity index (χ4n) is 1.72. The molecule has 0 unspecified atom stereocenters. The normalized spacial score (nSPS) is 9.67. The van der Waals surface area contributed by atoms with Gasteiger partial charge in [0.15, 0.2) is 0 Å². The Morgan fingerprint density at radius 1 is 1.24 bits per heavy atom. The van der Waals surface area contributed by atoms with Crippen LogP contribution in [-0.2, 0) is 0 Å². The largest absolute Gasteiger partial charge is 0.321 e. The summed E-state index contributed by atoms with van der Waals surface area (Å²) in [5.41, 5.74) is 6.55. The van der Waals surface area contributed by atoms with E-state index in [4.69, 9.17) is 17.3 Å². The molecule has 1 amide bonds. The van der Waals surface area contributed by atoms with Crippen molar-refractivity contribution in [3.8, 4) is 11.8 Å². The minimum atomic E-state index is -0.638. The van der Waals surface area contributed by atoms with Crippen molar-refractivity contribution in [3.63, 3.8) is 0 Å². The number of nitrogens with one attached hydrogen (secondary N) is 1. The van der Waals surface area contributed by atoms with Crippen molar-refractivity contribution in [2.24, 2.45) is 5.73 Å². The Morgan fingerprint density at radius 2 is 2.00 bits per heavy atom. The molecule has 0 bridgehead atoms. The fourth-order valence-corrected chi connectivity index (χ4v) is 1.93. The molecule has 2 aromatic rings. The van der Waals surface area contributed by atoms with E-state index in [1.807, 2.05) is 0 Å². The molecule has 0 fully saturated rings. The van der Waals surface area contributed by atoms with Crippen LogP contribution in [0.25, 0.3) is 0 Å². The molecule has 2 aromatic carbocycles. The van der Waals surface area contributed by atoms with Crippen molar-refractivity contribution < 1.29 is 9.18 Å². The highest BCUT2D eigenvalue weighted by Crippen LogP contribution is 2.22. The average molecular weight is 303 g/mol. The Kier molecular flexibility index (Phi) is 4.94. The number of hydrogen-bond acceptors (Lipinski definition) is 2. The average Bonchev–Trinajstić information content (AvgIpc) is 2.49. The van der Waals surface area contributed by atoms with Gasteiger partial charge in [0, 0.05) is 5.56 Å². The van der Waals surface area contributed by atoms with Crippen LogP contribution < -0.4 is 11.1 Å². The van der Waals surface area contributed by atoms with E-state index in [0.717, 1.165) is 0 Å². The first-order chi connectivity index (χ1) is 10.1. The maximum absolute atomic E-state index is 13.4. The van der Waals surface area contributed by atoms with E-state index >= 15 is 0 Å². The van der Waals surface area contributed by atoms with Crippen LogP contribution in [0.15, 0.2) is 42.5 Å². The second kappa shape index (κ2) is 6.89. The zero-order chi connectivity index (χ0) is 15.2. The number of rotatable bonds is 2. The van der Waals surface area contributed by atoms with E-state index in [1.165, 1.54) is 18.2 Å². The molecule has 0 saturated heterocycles. The van der Waals surface area contributed by atoms with Gasteiger partial charge in [0.1, 0.15) is 5.82 Å². The molecule has 0 heterocycles. The van der Waals surface area contributed by atoms with Gasteiger partial charge in [0.25, 0.3) is 5.91 Å². The van der Waals surface area contributed by atoms with Crippen LogP contribution in [-0.4, -0.2) is 12.5 Å². The first-order valence-corrected chi connectivity index (χ1v) is 6.54. The second-order valence-electron chi connectivity index (χ2n) is 4.11. The van der Waals surface area contributed by atoms with Crippen LogP contribution in [0.2, 0.25) is 5.02 Å². The van der Waals surface area contributed by atoms with Crippen LogP contribution >= 0.6 is 11.6 Å². The van der Waals surface area contributed by atoms with E-state index in [-0.39, 0.29) is 17.1 Å². The number of nitrogens with two attached hydrogens (primary N) is 1. The van der Waals surface area contributed by atoms with Crippen LogP contribution in [0.3, 0.4) is 0 Å². The van der Waals surface area contributed by atoms with Crippen molar-refractivity contribution in [3.05, 3.63) is 64.4 Å². The lowest BCUT2D eigenvalue weighted by atomic mass is 10.1. The van der Waals surface area contributed by atoms with Crippen LogP contribution in [0.1, 0.15) is 15.9 Å². The second-order valence-corrected chi connectivity index (χ2v) is 4.48. The van der Waals surface area contributed by atoms with Gasteiger partial charge in [0.2, 0.25) is 0 Å². The molecule has 106 valence electrons. The Balaban J connectivity index is 2.30. The summed E-state index contributed by atoms with van der Waals surface area (Å²) in [6.07, 6.45) is 0. The number of para-hydroxylation sites is 1. The number of hydrogen-bond donors (Lipinski definition) is 2. The van der Waals surface area contributed by atoms with E-state index < -0.39 is 11.7 Å². The van der Waals surface area contributed by atoms with Gasteiger partial charge in [-0.25, -0.2) is 4.39 Å². The Morgan fingerprint density at radius 3 is 2.76 bits per heavy atom. The summed E-state index contributed by atoms with van der Waals surface area (Å²) >= 11 is 5.80. The smallest absolute Gasteiger partial charge is 0.257 e. The predicted molar refractivity (Wildman–Crippen MR) is 81.7 cm³/mol. The summed E-state index contributed by atoms with van der Waals surface area (Å²) in [7, 11) is 0. The van der Waals surface area contributed by atoms with Gasteiger partial charge in [-0.3, -0.25) is 4.79 Å². The molecule has 0 aliphatic heterocycles. The molecule has 0 aliphatic rings. The highest BCUT2D eigenvalue weighted by Gasteiger charge is 2.14. The third kappa shape index (κ3) is 3.60. The molecule has 21 heavy (non-hydrogen) atoms. The number of anilines is 1. The summed E-state index contributed by atoms with van der Waals surface area (Å²) in [5.74, 6) is 4.44. The monoisotopic (exact) mass is 302 g/mol. The molecule has 0 radical (unpaired) electrons. The van der Waals surface area contributed by atoms with Crippen molar-refractivity contribution in [2.45, 2.75) is 0 Å². The molecule has 0 atom stereocenters. The third-order valence-corrected chi connectivity index (χ3v) is 3.08. The van der Waals surface area contributed by atoms with Gasteiger partial charge in [-0.1, -0.05) is 41.6 Å². The van der Waals surface area contributed by atoms with E-state index in [2.05, 4.69) is 17.2 Å². The lowest BCUT2D eigenvalue weighted by molar-refractivity contribution is 0.102. The van der Waals surface area contributed by atoms with Crippen molar-refractivity contribution >= 4 is 23.2 Å². The molecular weight excluding hydrogens is 291 g/mol. The van der Waals surface area contributed by atoms with E-state index in [9.17, 15) is 9.18 Å². The minimum absolute atomic E-state index is 0.0678. The summed E-state index contributed by atoms with van der Waals surface area (Å²) in [4.78, 5) is 12.2. The lowest BCUT2D eigenvalue weighted by Crippen LogP contribution is -2.13. The molecule has 0 spiro atoms. The molecular formula is C16H12ClFN2O. The first kappa shape index (κ1) is 15.0. The number of benzene rings is 2. The van der Waals surface area contributed by atoms with Gasteiger partial charge in [-0.15, -0.1) is 0 Å². The first-order valence-electron chi connectivity index (χ1n) is 6.17.